The Bertz CT molecular complexity index is 642. The second-order valence-electron chi connectivity index (χ2n) is 3.61. The van der Waals surface area contributed by atoms with E-state index in [0.717, 1.165) is 0 Å². The van der Waals surface area contributed by atoms with Crippen LogP contribution in [0.5, 0.6) is 17.5 Å². The molecule has 0 spiro atoms. The number of carbonyl (C=O) groups is 1. The van der Waals surface area contributed by atoms with Crippen molar-refractivity contribution < 1.29 is 19.2 Å². The second-order valence-corrected chi connectivity index (χ2v) is 3.61. The fraction of sp³-hybridized carbons (Fsp3) is 0.0833. The Labute approximate surface area is 113 Å². The SMILES string of the molecule is COc1ccc([N+](=O)[O-])c(Oc2ncc(C=O)cn2)c1. The van der Waals surface area contributed by atoms with Gasteiger partial charge in [0.15, 0.2) is 6.29 Å². The van der Waals surface area contributed by atoms with Gasteiger partial charge in [0.25, 0.3) is 0 Å². The van der Waals surface area contributed by atoms with E-state index in [4.69, 9.17) is 9.47 Å². The Morgan fingerprint density at radius 1 is 1.30 bits per heavy atom. The zero-order chi connectivity index (χ0) is 14.5. The molecule has 0 saturated heterocycles. The minimum Gasteiger partial charge on any atom is -0.497 e. The number of nitrogens with zero attached hydrogens (tertiary/aromatic N) is 3. The lowest BCUT2D eigenvalue weighted by Gasteiger charge is -2.06. The first-order valence-electron chi connectivity index (χ1n) is 5.41. The molecule has 1 heterocycles. The first kappa shape index (κ1) is 13.4. The average molecular weight is 275 g/mol. The van der Waals surface area contributed by atoms with Crippen molar-refractivity contribution in [3.05, 3.63) is 46.3 Å². The number of hydrogen-bond acceptors (Lipinski definition) is 7. The van der Waals surface area contributed by atoms with E-state index in [-0.39, 0.29) is 23.0 Å². The molecule has 1 aromatic carbocycles. The van der Waals surface area contributed by atoms with Crippen molar-refractivity contribution in [3.8, 4) is 17.5 Å². The number of carbonyl (C=O) groups excluding carboxylic acids is 1. The number of methoxy groups -OCH3 is 1. The molecule has 0 saturated carbocycles. The third kappa shape index (κ3) is 2.86. The number of nitro groups is 1. The van der Waals surface area contributed by atoms with Crippen LogP contribution in [0.25, 0.3) is 0 Å². The van der Waals surface area contributed by atoms with Gasteiger partial charge in [0, 0.05) is 24.5 Å². The van der Waals surface area contributed by atoms with Gasteiger partial charge < -0.3 is 9.47 Å². The number of ether oxygens (including phenoxy) is 2. The van der Waals surface area contributed by atoms with E-state index in [1.54, 1.807) is 0 Å². The Hall–Kier alpha value is -3.03. The molecule has 1 aromatic heterocycles. The van der Waals surface area contributed by atoms with Gasteiger partial charge in [0.2, 0.25) is 5.75 Å². The molecule has 0 radical (unpaired) electrons. The van der Waals surface area contributed by atoms with Gasteiger partial charge in [-0.1, -0.05) is 0 Å². The van der Waals surface area contributed by atoms with Crippen LogP contribution in [0.15, 0.2) is 30.6 Å². The van der Waals surface area contributed by atoms with Gasteiger partial charge in [0.05, 0.1) is 17.6 Å². The summed E-state index contributed by atoms with van der Waals surface area (Å²) in [5, 5.41) is 10.9. The highest BCUT2D eigenvalue weighted by Crippen LogP contribution is 2.33. The summed E-state index contributed by atoms with van der Waals surface area (Å²) >= 11 is 0. The smallest absolute Gasteiger partial charge is 0.322 e. The van der Waals surface area contributed by atoms with E-state index < -0.39 is 4.92 Å². The molecule has 0 aliphatic rings. The minimum atomic E-state index is -0.589. The van der Waals surface area contributed by atoms with Crippen molar-refractivity contribution in [2.75, 3.05) is 7.11 Å². The van der Waals surface area contributed by atoms with E-state index in [2.05, 4.69) is 9.97 Å². The Morgan fingerprint density at radius 2 is 2.00 bits per heavy atom. The van der Waals surface area contributed by atoms with Crippen LogP contribution in [-0.4, -0.2) is 28.3 Å². The molecule has 8 nitrogen and oxygen atoms in total. The number of aldehydes is 1. The summed E-state index contributed by atoms with van der Waals surface area (Å²) in [5.74, 6) is 0.350. The van der Waals surface area contributed by atoms with Crippen molar-refractivity contribution >= 4 is 12.0 Å². The standard InChI is InChI=1S/C12H9N3O5/c1-19-9-2-3-10(15(17)18)11(4-9)20-12-13-5-8(7-16)6-14-12/h2-7H,1H3. The molecular formula is C12H9N3O5. The first-order valence-corrected chi connectivity index (χ1v) is 5.41. The first-order chi connectivity index (χ1) is 9.63. The van der Waals surface area contributed by atoms with Crippen LogP contribution in [0.1, 0.15) is 10.4 Å². The van der Waals surface area contributed by atoms with Gasteiger partial charge in [-0.15, -0.1) is 0 Å². The molecule has 0 amide bonds. The van der Waals surface area contributed by atoms with Crippen LogP contribution >= 0.6 is 0 Å². The van der Waals surface area contributed by atoms with Gasteiger partial charge in [-0.2, -0.15) is 0 Å². The molecule has 0 unspecified atom stereocenters. The summed E-state index contributed by atoms with van der Waals surface area (Å²) in [7, 11) is 1.43. The molecule has 20 heavy (non-hydrogen) atoms. The minimum absolute atomic E-state index is 0.0480. The maximum atomic E-state index is 10.9. The molecule has 0 aliphatic carbocycles. The number of nitro benzene ring substituents is 1. The number of rotatable bonds is 5. The van der Waals surface area contributed by atoms with E-state index >= 15 is 0 Å². The maximum absolute atomic E-state index is 10.9. The Kier molecular flexibility index (Phi) is 3.85. The summed E-state index contributed by atoms with van der Waals surface area (Å²) in [4.78, 5) is 28.3. The van der Waals surface area contributed by atoms with Gasteiger partial charge in [-0.3, -0.25) is 14.9 Å². The van der Waals surface area contributed by atoms with E-state index in [1.807, 2.05) is 0 Å². The molecule has 2 rings (SSSR count). The molecule has 0 N–H and O–H groups in total. The predicted molar refractivity (Wildman–Crippen MR) is 67.1 cm³/mol. The van der Waals surface area contributed by atoms with Crippen molar-refractivity contribution in [2.24, 2.45) is 0 Å². The lowest BCUT2D eigenvalue weighted by molar-refractivity contribution is -0.385. The fourth-order valence-electron chi connectivity index (χ4n) is 1.39. The van der Waals surface area contributed by atoms with Crippen LogP contribution in [0, 0.1) is 10.1 Å². The molecule has 0 aliphatic heterocycles. The van der Waals surface area contributed by atoms with Gasteiger partial charge in [-0.05, 0) is 6.07 Å². The lowest BCUT2D eigenvalue weighted by Crippen LogP contribution is -1.97. The summed E-state index contributed by atoms with van der Waals surface area (Å²) in [5.41, 5.74) is 0.0337. The van der Waals surface area contributed by atoms with Crippen LogP contribution < -0.4 is 9.47 Å². The Balaban J connectivity index is 2.34. The van der Waals surface area contributed by atoms with E-state index in [0.29, 0.717) is 12.0 Å². The molecule has 2 aromatic rings. The molecule has 0 bridgehead atoms. The van der Waals surface area contributed by atoms with Gasteiger partial charge in [0.1, 0.15) is 5.75 Å². The largest absolute Gasteiger partial charge is 0.497 e. The van der Waals surface area contributed by atoms with Crippen molar-refractivity contribution in [1.82, 2.24) is 9.97 Å². The topological polar surface area (TPSA) is 104 Å². The second kappa shape index (κ2) is 5.74. The van der Waals surface area contributed by atoms with Crippen LogP contribution in [0.3, 0.4) is 0 Å². The number of hydrogen-bond donors (Lipinski definition) is 0. The Morgan fingerprint density at radius 3 is 2.55 bits per heavy atom. The highest BCUT2D eigenvalue weighted by molar-refractivity contribution is 5.73. The number of benzene rings is 1. The van der Waals surface area contributed by atoms with Crippen LogP contribution in [-0.2, 0) is 0 Å². The van der Waals surface area contributed by atoms with Crippen molar-refractivity contribution in [3.63, 3.8) is 0 Å². The molecule has 8 heteroatoms. The summed E-state index contributed by atoms with van der Waals surface area (Å²) in [6.07, 6.45) is 3.08. The average Bonchev–Trinajstić information content (AvgIpc) is 2.47. The summed E-state index contributed by atoms with van der Waals surface area (Å²) < 4.78 is 10.2. The van der Waals surface area contributed by atoms with Gasteiger partial charge in [-0.25, -0.2) is 9.97 Å². The monoisotopic (exact) mass is 275 g/mol. The summed E-state index contributed by atoms with van der Waals surface area (Å²) in [6.45, 7) is 0. The molecule has 0 atom stereocenters. The van der Waals surface area contributed by atoms with Gasteiger partial charge >= 0.3 is 11.7 Å². The van der Waals surface area contributed by atoms with E-state index in [9.17, 15) is 14.9 Å². The quantitative estimate of drug-likeness (QED) is 0.466. The van der Waals surface area contributed by atoms with Crippen molar-refractivity contribution in [1.29, 1.82) is 0 Å². The normalized spacial score (nSPS) is 9.85. The molecule has 0 fully saturated rings. The van der Waals surface area contributed by atoms with E-state index in [1.165, 1.54) is 37.7 Å². The fourth-order valence-corrected chi connectivity index (χ4v) is 1.39. The lowest BCUT2D eigenvalue weighted by atomic mass is 10.3. The maximum Gasteiger partial charge on any atom is 0.322 e. The third-order valence-electron chi connectivity index (χ3n) is 2.35. The predicted octanol–water partition coefficient (Wildman–Crippen LogP) is 2.00. The zero-order valence-corrected chi connectivity index (χ0v) is 10.3. The van der Waals surface area contributed by atoms with Crippen LogP contribution in [0.4, 0.5) is 5.69 Å². The highest BCUT2D eigenvalue weighted by Gasteiger charge is 2.17. The molecule has 102 valence electrons. The van der Waals surface area contributed by atoms with Crippen molar-refractivity contribution in [2.45, 2.75) is 0 Å². The van der Waals surface area contributed by atoms with Crippen LogP contribution in [0.2, 0.25) is 0 Å². The highest BCUT2D eigenvalue weighted by atomic mass is 16.6. The zero-order valence-electron chi connectivity index (χ0n) is 10.3. The number of aromatic nitrogens is 2. The molecular weight excluding hydrogens is 266 g/mol. The third-order valence-corrected chi connectivity index (χ3v) is 2.35. The summed E-state index contributed by atoms with van der Waals surface area (Å²) in [6, 6.07) is 3.96.